The molecule has 1 aromatic carbocycles. The molecule has 0 aliphatic heterocycles. The Kier molecular flexibility index (Phi) is 4.56. The summed E-state index contributed by atoms with van der Waals surface area (Å²) in [6, 6.07) is 11.9. The van der Waals surface area contributed by atoms with Gasteiger partial charge in [0.1, 0.15) is 5.78 Å². The SMILES string of the molecule is COc1ncccc1-c1c(CCC(C)=O)c(C)nc2ccccc12. The van der Waals surface area contributed by atoms with Gasteiger partial charge in [-0.15, -0.1) is 0 Å². The van der Waals surface area contributed by atoms with Gasteiger partial charge in [0, 0.05) is 34.8 Å². The molecule has 2 heterocycles. The highest BCUT2D eigenvalue weighted by Gasteiger charge is 2.18. The number of nitrogens with zero attached hydrogens (tertiary/aromatic N) is 2. The van der Waals surface area contributed by atoms with Crippen molar-refractivity contribution in [3.63, 3.8) is 0 Å². The highest BCUT2D eigenvalue weighted by molar-refractivity contribution is 5.98. The molecule has 0 amide bonds. The quantitative estimate of drug-likeness (QED) is 0.709. The summed E-state index contributed by atoms with van der Waals surface area (Å²) in [6.45, 7) is 3.61. The van der Waals surface area contributed by atoms with Crippen molar-refractivity contribution >= 4 is 16.7 Å². The molecular formula is C20H20N2O2. The number of ketones is 1. The lowest BCUT2D eigenvalue weighted by Crippen LogP contribution is -2.03. The molecule has 0 spiro atoms. The number of carbonyl (C=O) groups excluding carboxylic acids is 1. The molecule has 0 aliphatic rings. The number of hydrogen-bond acceptors (Lipinski definition) is 4. The first-order chi connectivity index (χ1) is 11.6. The number of carbonyl (C=O) groups is 1. The molecular weight excluding hydrogens is 300 g/mol. The van der Waals surface area contributed by atoms with Gasteiger partial charge >= 0.3 is 0 Å². The average molecular weight is 320 g/mol. The zero-order valence-electron chi connectivity index (χ0n) is 14.2. The molecule has 2 aromatic heterocycles. The number of ether oxygens (including phenoxy) is 1. The van der Waals surface area contributed by atoms with Crippen LogP contribution in [0.5, 0.6) is 5.88 Å². The number of rotatable bonds is 5. The highest BCUT2D eigenvalue weighted by Crippen LogP contribution is 2.37. The zero-order chi connectivity index (χ0) is 17.1. The van der Waals surface area contributed by atoms with Gasteiger partial charge in [-0.25, -0.2) is 4.98 Å². The van der Waals surface area contributed by atoms with Crippen LogP contribution in [-0.2, 0) is 11.2 Å². The van der Waals surface area contributed by atoms with Crippen LogP contribution >= 0.6 is 0 Å². The van der Waals surface area contributed by atoms with Gasteiger partial charge in [-0.2, -0.15) is 0 Å². The Labute approximate surface area is 141 Å². The minimum Gasteiger partial charge on any atom is -0.481 e. The fourth-order valence-corrected chi connectivity index (χ4v) is 3.03. The van der Waals surface area contributed by atoms with Crippen molar-refractivity contribution in [2.75, 3.05) is 7.11 Å². The molecule has 0 saturated heterocycles. The second kappa shape index (κ2) is 6.79. The molecule has 4 heteroatoms. The Morgan fingerprint density at radius 3 is 2.71 bits per heavy atom. The van der Waals surface area contributed by atoms with E-state index in [1.54, 1.807) is 20.2 Å². The normalized spacial score (nSPS) is 10.8. The third-order valence-corrected chi connectivity index (χ3v) is 4.16. The minimum absolute atomic E-state index is 0.173. The van der Waals surface area contributed by atoms with Crippen LogP contribution in [0.15, 0.2) is 42.6 Å². The van der Waals surface area contributed by atoms with E-state index in [2.05, 4.69) is 11.1 Å². The molecule has 0 atom stereocenters. The molecule has 0 aliphatic carbocycles. The summed E-state index contributed by atoms with van der Waals surface area (Å²) in [5, 5.41) is 1.05. The van der Waals surface area contributed by atoms with Crippen LogP contribution in [0.4, 0.5) is 0 Å². The number of pyridine rings is 2. The summed E-state index contributed by atoms with van der Waals surface area (Å²) in [5.41, 5.74) is 4.94. The van der Waals surface area contributed by atoms with Crippen LogP contribution in [0, 0.1) is 6.92 Å². The van der Waals surface area contributed by atoms with Crippen LogP contribution < -0.4 is 4.74 Å². The smallest absolute Gasteiger partial charge is 0.221 e. The van der Waals surface area contributed by atoms with E-state index in [0.717, 1.165) is 33.3 Å². The van der Waals surface area contributed by atoms with Gasteiger partial charge < -0.3 is 9.53 Å². The van der Waals surface area contributed by atoms with Crippen molar-refractivity contribution in [1.29, 1.82) is 0 Å². The molecule has 0 unspecified atom stereocenters. The van der Waals surface area contributed by atoms with Gasteiger partial charge in [0.15, 0.2) is 0 Å². The summed E-state index contributed by atoms with van der Waals surface area (Å²) in [7, 11) is 1.62. The second-order valence-corrected chi connectivity index (χ2v) is 5.83. The zero-order valence-corrected chi connectivity index (χ0v) is 14.2. The molecule has 24 heavy (non-hydrogen) atoms. The lowest BCUT2D eigenvalue weighted by molar-refractivity contribution is -0.116. The van der Waals surface area contributed by atoms with Crippen LogP contribution in [0.2, 0.25) is 0 Å². The maximum Gasteiger partial charge on any atom is 0.221 e. The molecule has 0 bridgehead atoms. The Morgan fingerprint density at radius 2 is 1.96 bits per heavy atom. The van der Waals surface area contributed by atoms with E-state index in [4.69, 9.17) is 9.72 Å². The van der Waals surface area contributed by atoms with Gasteiger partial charge in [-0.3, -0.25) is 4.98 Å². The first-order valence-corrected chi connectivity index (χ1v) is 7.99. The number of methoxy groups -OCH3 is 1. The number of para-hydroxylation sites is 1. The van der Waals surface area contributed by atoms with E-state index in [9.17, 15) is 4.79 Å². The molecule has 122 valence electrons. The largest absolute Gasteiger partial charge is 0.481 e. The summed E-state index contributed by atoms with van der Waals surface area (Å²) in [6.07, 6.45) is 2.87. The topological polar surface area (TPSA) is 52.1 Å². The third kappa shape index (κ3) is 3.00. The Balaban J connectivity index is 2.33. The minimum atomic E-state index is 0.173. The standard InChI is InChI=1S/C20H20N2O2/c1-13(23)10-11-15-14(2)22-18-9-5-4-7-16(18)19(15)17-8-6-12-21-20(17)24-3/h4-9,12H,10-11H2,1-3H3. The number of aromatic nitrogens is 2. The second-order valence-electron chi connectivity index (χ2n) is 5.83. The number of fused-ring (bicyclic) bond motifs is 1. The van der Waals surface area contributed by atoms with Gasteiger partial charge in [0.05, 0.1) is 12.6 Å². The predicted molar refractivity (Wildman–Crippen MR) is 95.3 cm³/mol. The predicted octanol–water partition coefficient (Wildman–Crippen LogP) is 4.14. The summed E-state index contributed by atoms with van der Waals surface area (Å²) < 4.78 is 5.47. The van der Waals surface area contributed by atoms with Crippen LogP contribution in [0.3, 0.4) is 0 Å². The third-order valence-electron chi connectivity index (χ3n) is 4.16. The highest BCUT2D eigenvalue weighted by atomic mass is 16.5. The summed E-state index contributed by atoms with van der Waals surface area (Å²) in [4.78, 5) is 20.6. The van der Waals surface area contributed by atoms with Crippen molar-refractivity contribution in [2.45, 2.75) is 26.7 Å². The maximum atomic E-state index is 11.5. The van der Waals surface area contributed by atoms with E-state index < -0.39 is 0 Å². The van der Waals surface area contributed by atoms with Gasteiger partial charge in [0.25, 0.3) is 0 Å². The van der Waals surface area contributed by atoms with Gasteiger partial charge in [-0.1, -0.05) is 18.2 Å². The average Bonchev–Trinajstić information content (AvgIpc) is 2.59. The van der Waals surface area contributed by atoms with Crippen LogP contribution in [0.25, 0.3) is 22.0 Å². The molecule has 4 nitrogen and oxygen atoms in total. The Hall–Kier alpha value is -2.75. The fraction of sp³-hybridized carbons (Fsp3) is 0.250. The van der Waals surface area contributed by atoms with Crippen LogP contribution in [0.1, 0.15) is 24.6 Å². The van der Waals surface area contributed by atoms with Crippen molar-refractivity contribution in [3.05, 3.63) is 53.9 Å². The molecule has 0 fully saturated rings. The van der Waals surface area contributed by atoms with E-state index >= 15 is 0 Å². The van der Waals surface area contributed by atoms with Crippen molar-refractivity contribution < 1.29 is 9.53 Å². The van der Waals surface area contributed by atoms with E-state index in [1.807, 2.05) is 37.3 Å². The summed E-state index contributed by atoms with van der Waals surface area (Å²) >= 11 is 0. The van der Waals surface area contributed by atoms with E-state index in [1.165, 1.54) is 0 Å². The van der Waals surface area contributed by atoms with Crippen molar-refractivity contribution in [3.8, 4) is 17.0 Å². The lowest BCUT2D eigenvalue weighted by atomic mass is 9.92. The Bertz CT molecular complexity index is 903. The lowest BCUT2D eigenvalue weighted by Gasteiger charge is -2.17. The van der Waals surface area contributed by atoms with Gasteiger partial charge in [-0.05, 0) is 44.0 Å². The first kappa shape index (κ1) is 16.1. The molecule has 3 aromatic rings. The molecule has 0 N–H and O–H groups in total. The van der Waals surface area contributed by atoms with E-state index in [-0.39, 0.29) is 5.78 Å². The van der Waals surface area contributed by atoms with Gasteiger partial charge in [0.2, 0.25) is 5.88 Å². The molecule has 3 rings (SSSR count). The number of benzene rings is 1. The number of Topliss-reactive ketones (excluding diaryl/α,β-unsaturated/α-hetero) is 1. The number of hydrogen-bond donors (Lipinski definition) is 0. The first-order valence-electron chi connectivity index (χ1n) is 7.99. The monoisotopic (exact) mass is 320 g/mol. The van der Waals surface area contributed by atoms with Crippen LogP contribution in [-0.4, -0.2) is 22.9 Å². The van der Waals surface area contributed by atoms with Crippen molar-refractivity contribution in [2.24, 2.45) is 0 Å². The van der Waals surface area contributed by atoms with E-state index in [0.29, 0.717) is 18.7 Å². The maximum absolute atomic E-state index is 11.5. The fourth-order valence-electron chi connectivity index (χ4n) is 3.03. The summed E-state index contributed by atoms with van der Waals surface area (Å²) in [5.74, 6) is 0.754. The molecule has 0 saturated carbocycles. The van der Waals surface area contributed by atoms with Crippen molar-refractivity contribution in [1.82, 2.24) is 9.97 Å². The number of aryl methyl sites for hydroxylation is 1. The Morgan fingerprint density at radius 1 is 1.17 bits per heavy atom. The molecule has 0 radical (unpaired) electrons.